The number of hydrogen-bond donors (Lipinski definition) is 1. The SMILES string of the molecule is Cc1ccc(-c2c(CO)nnn2C(C)c2ccccc2)cc1. The highest BCUT2D eigenvalue weighted by molar-refractivity contribution is 5.62. The third-order valence-corrected chi connectivity index (χ3v) is 3.89. The lowest BCUT2D eigenvalue weighted by atomic mass is 10.1. The van der Waals surface area contributed by atoms with Gasteiger partial charge in [0.15, 0.2) is 0 Å². The molecule has 0 aliphatic heterocycles. The average molecular weight is 293 g/mol. The van der Waals surface area contributed by atoms with Crippen LogP contribution in [0.5, 0.6) is 0 Å². The first kappa shape index (κ1) is 14.5. The van der Waals surface area contributed by atoms with Crippen molar-refractivity contribution in [1.29, 1.82) is 0 Å². The molecule has 1 heterocycles. The van der Waals surface area contributed by atoms with E-state index in [2.05, 4.69) is 48.4 Å². The second-order valence-electron chi connectivity index (χ2n) is 5.44. The smallest absolute Gasteiger partial charge is 0.116 e. The quantitative estimate of drug-likeness (QED) is 0.802. The highest BCUT2D eigenvalue weighted by Crippen LogP contribution is 2.28. The molecular formula is C18H19N3O. The number of aromatic nitrogens is 3. The van der Waals surface area contributed by atoms with Crippen molar-refractivity contribution in [2.45, 2.75) is 26.5 Å². The maximum Gasteiger partial charge on any atom is 0.116 e. The van der Waals surface area contributed by atoms with E-state index in [-0.39, 0.29) is 12.6 Å². The van der Waals surface area contributed by atoms with Gasteiger partial charge in [-0.3, -0.25) is 0 Å². The standard InChI is InChI=1S/C18H19N3O/c1-13-8-10-16(11-9-13)18-17(12-22)19-20-21(18)14(2)15-6-4-3-5-7-15/h3-11,14,22H,12H2,1-2H3. The molecule has 1 unspecified atom stereocenters. The average Bonchev–Trinajstić information content (AvgIpc) is 2.99. The van der Waals surface area contributed by atoms with Crippen LogP contribution in [0.1, 0.15) is 29.8 Å². The fourth-order valence-electron chi connectivity index (χ4n) is 2.59. The van der Waals surface area contributed by atoms with Crippen LogP contribution in [0.4, 0.5) is 0 Å². The van der Waals surface area contributed by atoms with Crippen LogP contribution in [-0.4, -0.2) is 20.1 Å². The summed E-state index contributed by atoms with van der Waals surface area (Å²) in [5, 5.41) is 18.0. The van der Waals surface area contributed by atoms with Gasteiger partial charge < -0.3 is 5.11 Å². The molecule has 2 aromatic carbocycles. The lowest BCUT2D eigenvalue weighted by Crippen LogP contribution is -2.10. The molecule has 0 aliphatic rings. The topological polar surface area (TPSA) is 50.9 Å². The Balaban J connectivity index is 2.09. The summed E-state index contributed by atoms with van der Waals surface area (Å²) >= 11 is 0. The van der Waals surface area contributed by atoms with Crippen molar-refractivity contribution < 1.29 is 5.11 Å². The molecule has 1 atom stereocenters. The number of rotatable bonds is 4. The van der Waals surface area contributed by atoms with Crippen molar-refractivity contribution >= 4 is 0 Å². The summed E-state index contributed by atoms with van der Waals surface area (Å²) < 4.78 is 1.88. The maximum atomic E-state index is 9.58. The fourth-order valence-corrected chi connectivity index (χ4v) is 2.59. The Morgan fingerprint density at radius 1 is 1.05 bits per heavy atom. The Kier molecular flexibility index (Phi) is 4.02. The molecule has 0 aliphatic carbocycles. The third kappa shape index (κ3) is 2.65. The third-order valence-electron chi connectivity index (χ3n) is 3.89. The molecule has 3 aromatic rings. The number of hydrogen-bond acceptors (Lipinski definition) is 3. The molecule has 0 amide bonds. The van der Waals surface area contributed by atoms with E-state index in [0.717, 1.165) is 16.8 Å². The molecule has 112 valence electrons. The van der Waals surface area contributed by atoms with E-state index < -0.39 is 0 Å². The second-order valence-corrected chi connectivity index (χ2v) is 5.44. The normalized spacial score (nSPS) is 12.3. The van der Waals surface area contributed by atoms with Crippen LogP contribution in [0, 0.1) is 6.92 Å². The van der Waals surface area contributed by atoms with Crippen molar-refractivity contribution in [3.05, 3.63) is 71.4 Å². The molecule has 4 heteroatoms. The van der Waals surface area contributed by atoms with Gasteiger partial charge in [-0.25, -0.2) is 4.68 Å². The number of benzene rings is 2. The molecule has 1 N–H and O–H groups in total. The highest BCUT2D eigenvalue weighted by atomic mass is 16.3. The molecular weight excluding hydrogens is 274 g/mol. The van der Waals surface area contributed by atoms with Gasteiger partial charge in [0, 0.05) is 5.56 Å². The molecule has 4 nitrogen and oxygen atoms in total. The van der Waals surface area contributed by atoms with Gasteiger partial charge in [-0.2, -0.15) is 0 Å². The van der Waals surface area contributed by atoms with Gasteiger partial charge in [0.1, 0.15) is 5.69 Å². The molecule has 0 spiro atoms. The number of aryl methyl sites for hydroxylation is 1. The van der Waals surface area contributed by atoms with Crippen LogP contribution >= 0.6 is 0 Å². The molecule has 22 heavy (non-hydrogen) atoms. The van der Waals surface area contributed by atoms with Crippen molar-refractivity contribution in [2.75, 3.05) is 0 Å². The Hall–Kier alpha value is -2.46. The van der Waals surface area contributed by atoms with E-state index in [1.807, 2.05) is 35.0 Å². The number of nitrogens with zero attached hydrogens (tertiary/aromatic N) is 3. The minimum Gasteiger partial charge on any atom is -0.390 e. The first-order chi connectivity index (χ1) is 10.7. The van der Waals surface area contributed by atoms with Gasteiger partial charge in [0.2, 0.25) is 0 Å². The van der Waals surface area contributed by atoms with Crippen LogP contribution in [0.25, 0.3) is 11.3 Å². The predicted molar refractivity (Wildman–Crippen MR) is 86.4 cm³/mol. The van der Waals surface area contributed by atoms with Crippen LogP contribution in [0.3, 0.4) is 0 Å². The number of aliphatic hydroxyl groups excluding tert-OH is 1. The molecule has 3 rings (SSSR count). The van der Waals surface area contributed by atoms with E-state index in [1.54, 1.807) is 0 Å². The minimum absolute atomic E-state index is 0.0466. The molecule has 0 radical (unpaired) electrons. The van der Waals surface area contributed by atoms with Crippen LogP contribution in [0.15, 0.2) is 54.6 Å². The Bertz CT molecular complexity index is 748. The molecule has 0 bridgehead atoms. The van der Waals surface area contributed by atoms with Gasteiger partial charge in [-0.05, 0) is 19.4 Å². The van der Waals surface area contributed by atoms with E-state index in [9.17, 15) is 5.11 Å². The summed E-state index contributed by atoms with van der Waals surface area (Å²) in [7, 11) is 0. The zero-order valence-electron chi connectivity index (χ0n) is 12.8. The van der Waals surface area contributed by atoms with Gasteiger partial charge in [0.05, 0.1) is 18.3 Å². The molecule has 0 saturated heterocycles. The zero-order chi connectivity index (χ0) is 15.5. The van der Waals surface area contributed by atoms with Crippen molar-refractivity contribution in [1.82, 2.24) is 15.0 Å². The number of aliphatic hydroxyl groups is 1. The summed E-state index contributed by atoms with van der Waals surface area (Å²) in [6.07, 6.45) is 0. The Labute approximate surface area is 130 Å². The van der Waals surface area contributed by atoms with Crippen LogP contribution in [-0.2, 0) is 6.61 Å². The van der Waals surface area contributed by atoms with Crippen molar-refractivity contribution in [3.8, 4) is 11.3 Å². The van der Waals surface area contributed by atoms with Crippen molar-refractivity contribution in [3.63, 3.8) is 0 Å². The lowest BCUT2D eigenvalue weighted by Gasteiger charge is -2.16. The zero-order valence-corrected chi connectivity index (χ0v) is 12.8. The Morgan fingerprint density at radius 2 is 1.73 bits per heavy atom. The second kappa shape index (κ2) is 6.12. The van der Waals surface area contributed by atoms with E-state index in [4.69, 9.17) is 0 Å². The molecule has 0 fully saturated rings. The molecule has 1 aromatic heterocycles. The van der Waals surface area contributed by atoms with Crippen LogP contribution in [0.2, 0.25) is 0 Å². The molecule has 0 saturated carbocycles. The highest BCUT2D eigenvalue weighted by Gasteiger charge is 2.19. The van der Waals surface area contributed by atoms with Crippen LogP contribution < -0.4 is 0 Å². The van der Waals surface area contributed by atoms with Gasteiger partial charge in [-0.15, -0.1) is 5.10 Å². The maximum absolute atomic E-state index is 9.58. The minimum atomic E-state index is -0.120. The summed E-state index contributed by atoms with van der Waals surface area (Å²) in [6, 6.07) is 18.4. The summed E-state index contributed by atoms with van der Waals surface area (Å²) in [5.74, 6) is 0. The summed E-state index contributed by atoms with van der Waals surface area (Å²) in [6.45, 7) is 4.02. The van der Waals surface area contributed by atoms with E-state index >= 15 is 0 Å². The lowest BCUT2D eigenvalue weighted by molar-refractivity contribution is 0.277. The Morgan fingerprint density at radius 3 is 2.36 bits per heavy atom. The van der Waals surface area contributed by atoms with Crippen molar-refractivity contribution in [2.24, 2.45) is 0 Å². The van der Waals surface area contributed by atoms with Gasteiger partial charge in [0.25, 0.3) is 0 Å². The largest absolute Gasteiger partial charge is 0.390 e. The first-order valence-corrected chi connectivity index (χ1v) is 7.37. The summed E-state index contributed by atoms with van der Waals surface area (Å²) in [4.78, 5) is 0. The fraction of sp³-hybridized carbons (Fsp3) is 0.222. The monoisotopic (exact) mass is 293 g/mol. The van der Waals surface area contributed by atoms with E-state index in [1.165, 1.54) is 5.56 Å². The predicted octanol–water partition coefficient (Wildman–Crippen LogP) is 3.36. The van der Waals surface area contributed by atoms with Gasteiger partial charge >= 0.3 is 0 Å². The van der Waals surface area contributed by atoms with Gasteiger partial charge in [-0.1, -0.05) is 65.4 Å². The first-order valence-electron chi connectivity index (χ1n) is 7.37. The summed E-state index contributed by atoms with van der Waals surface area (Å²) in [5.41, 5.74) is 4.85. The van der Waals surface area contributed by atoms with E-state index in [0.29, 0.717) is 5.69 Å².